The Kier molecular flexibility index (Phi) is 2.29. The van der Waals surface area contributed by atoms with Gasteiger partial charge in [-0.25, -0.2) is 0 Å². The van der Waals surface area contributed by atoms with Crippen LogP contribution in [0, 0.1) is 0 Å². The standard InChI is InChI=1S/C8H12N2/c1-2-3-8(9)7-4-5-10-6-7/h2,4-6,8,10H,1,3,9H2/t8-/m0/s1. The summed E-state index contributed by atoms with van der Waals surface area (Å²) >= 11 is 0. The molecule has 1 atom stereocenters. The zero-order valence-corrected chi connectivity index (χ0v) is 5.88. The molecule has 0 saturated carbocycles. The zero-order valence-electron chi connectivity index (χ0n) is 5.88. The number of hydrogen-bond donors (Lipinski definition) is 2. The summed E-state index contributed by atoms with van der Waals surface area (Å²) < 4.78 is 0. The van der Waals surface area contributed by atoms with Gasteiger partial charge in [0.1, 0.15) is 0 Å². The summed E-state index contributed by atoms with van der Waals surface area (Å²) in [6.07, 6.45) is 6.45. The Morgan fingerprint density at radius 2 is 2.60 bits per heavy atom. The molecule has 0 aliphatic carbocycles. The molecule has 0 aliphatic heterocycles. The quantitative estimate of drug-likeness (QED) is 0.609. The summed E-state index contributed by atoms with van der Waals surface area (Å²) in [7, 11) is 0. The third-order valence-corrected chi connectivity index (χ3v) is 1.47. The predicted molar refractivity (Wildman–Crippen MR) is 42.5 cm³/mol. The van der Waals surface area contributed by atoms with Gasteiger partial charge in [-0.1, -0.05) is 6.08 Å². The molecule has 0 radical (unpaired) electrons. The van der Waals surface area contributed by atoms with E-state index in [2.05, 4.69) is 11.6 Å². The molecule has 0 bridgehead atoms. The highest BCUT2D eigenvalue weighted by atomic mass is 14.7. The fourth-order valence-corrected chi connectivity index (χ4v) is 0.883. The number of H-pyrrole nitrogens is 1. The number of rotatable bonds is 3. The molecule has 0 aliphatic rings. The van der Waals surface area contributed by atoms with Crippen LogP contribution in [0.1, 0.15) is 18.0 Å². The Labute approximate surface area is 60.8 Å². The Morgan fingerprint density at radius 3 is 3.10 bits per heavy atom. The third-order valence-electron chi connectivity index (χ3n) is 1.47. The number of nitrogens with one attached hydrogen (secondary N) is 1. The second-order valence-corrected chi connectivity index (χ2v) is 2.28. The number of nitrogens with two attached hydrogens (primary N) is 1. The number of aromatic amines is 1. The van der Waals surface area contributed by atoms with E-state index in [0.717, 1.165) is 12.0 Å². The van der Waals surface area contributed by atoms with Gasteiger partial charge in [0.05, 0.1) is 0 Å². The maximum absolute atomic E-state index is 5.76. The van der Waals surface area contributed by atoms with Crippen LogP contribution in [0.25, 0.3) is 0 Å². The SMILES string of the molecule is C=CC[C@H](N)c1cc[nH]c1. The van der Waals surface area contributed by atoms with E-state index >= 15 is 0 Å². The van der Waals surface area contributed by atoms with Crippen molar-refractivity contribution >= 4 is 0 Å². The molecule has 0 fully saturated rings. The van der Waals surface area contributed by atoms with Gasteiger partial charge in [-0.05, 0) is 18.1 Å². The van der Waals surface area contributed by atoms with E-state index in [0.29, 0.717) is 0 Å². The van der Waals surface area contributed by atoms with E-state index in [1.54, 1.807) is 0 Å². The van der Waals surface area contributed by atoms with Crippen molar-refractivity contribution in [3.05, 3.63) is 36.7 Å². The Balaban J connectivity index is 2.58. The Hall–Kier alpha value is -1.02. The topological polar surface area (TPSA) is 41.8 Å². The van der Waals surface area contributed by atoms with E-state index in [4.69, 9.17) is 5.73 Å². The third kappa shape index (κ3) is 1.48. The first kappa shape index (κ1) is 7.09. The van der Waals surface area contributed by atoms with Crippen molar-refractivity contribution in [2.75, 3.05) is 0 Å². The summed E-state index contributed by atoms with van der Waals surface area (Å²) in [4.78, 5) is 2.95. The van der Waals surface area contributed by atoms with Crippen LogP contribution in [-0.2, 0) is 0 Å². The largest absolute Gasteiger partial charge is 0.367 e. The maximum Gasteiger partial charge on any atom is 0.0344 e. The van der Waals surface area contributed by atoms with Crippen molar-refractivity contribution in [3.8, 4) is 0 Å². The van der Waals surface area contributed by atoms with E-state index in [-0.39, 0.29) is 6.04 Å². The molecule has 0 spiro atoms. The van der Waals surface area contributed by atoms with E-state index in [9.17, 15) is 0 Å². The first-order chi connectivity index (χ1) is 4.84. The van der Waals surface area contributed by atoms with E-state index in [1.165, 1.54) is 0 Å². The van der Waals surface area contributed by atoms with Gasteiger partial charge in [0.25, 0.3) is 0 Å². The van der Waals surface area contributed by atoms with Gasteiger partial charge >= 0.3 is 0 Å². The summed E-state index contributed by atoms with van der Waals surface area (Å²) in [5, 5.41) is 0. The molecule has 3 N–H and O–H groups in total. The summed E-state index contributed by atoms with van der Waals surface area (Å²) in [6.45, 7) is 3.62. The Morgan fingerprint density at radius 1 is 1.80 bits per heavy atom. The van der Waals surface area contributed by atoms with Crippen molar-refractivity contribution in [3.63, 3.8) is 0 Å². The van der Waals surface area contributed by atoms with Crippen LogP contribution < -0.4 is 5.73 Å². The van der Waals surface area contributed by atoms with Gasteiger partial charge in [-0.2, -0.15) is 0 Å². The van der Waals surface area contributed by atoms with Crippen molar-refractivity contribution in [1.82, 2.24) is 4.98 Å². The second kappa shape index (κ2) is 3.22. The van der Waals surface area contributed by atoms with Crippen molar-refractivity contribution < 1.29 is 0 Å². The smallest absolute Gasteiger partial charge is 0.0344 e. The van der Waals surface area contributed by atoms with Crippen LogP contribution in [0.3, 0.4) is 0 Å². The minimum absolute atomic E-state index is 0.101. The average molecular weight is 136 g/mol. The van der Waals surface area contributed by atoms with Crippen LogP contribution in [0.5, 0.6) is 0 Å². The lowest BCUT2D eigenvalue weighted by Gasteiger charge is -2.04. The minimum atomic E-state index is 0.101. The van der Waals surface area contributed by atoms with Gasteiger partial charge in [-0.3, -0.25) is 0 Å². The highest BCUT2D eigenvalue weighted by molar-refractivity contribution is 5.13. The summed E-state index contributed by atoms with van der Waals surface area (Å²) in [5.41, 5.74) is 6.90. The molecule has 1 aromatic heterocycles. The van der Waals surface area contributed by atoms with Crippen LogP contribution in [0.15, 0.2) is 31.1 Å². The fraction of sp³-hybridized carbons (Fsp3) is 0.250. The first-order valence-electron chi connectivity index (χ1n) is 3.33. The molecule has 0 saturated heterocycles. The van der Waals surface area contributed by atoms with Crippen molar-refractivity contribution in [1.29, 1.82) is 0 Å². The zero-order chi connectivity index (χ0) is 7.40. The van der Waals surface area contributed by atoms with E-state index < -0.39 is 0 Å². The van der Waals surface area contributed by atoms with Gasteiger partial charge in [0, 0.05) is 18.4 Å². The Bertz CT molecular complexity index is 189. The van der Waals surface area contributed by atoms with Crippen LogP contribution in [0.2, 0.25) is 0 Å². The molecular formula is C8H12N2. The van der Waals surface area contributed by atoms with E-state index in [1.807, 2.05) is 24.5 Å². The molecular weight excluding hydrogens is 124 g/mol. The lowest BCUT2D eigenvalue weighted by atomic mass is 10.1. The van der Waals surface area contributed by atoms with Gasteiger partial charge in [0.2, 0.25) is 0 Å². The van der Waals surface area contributed by atoms with Gasteiger partial charge < -0.3 is 10.7 Å². The molecule has 10 heavy (non-hydrogen) atoms. The fourth-order valence-electron chi connectivity index (χ4n) is 0.883. The van der Waals surface area contributed by atoms with Crippen LogP contribution in [-0.4, -0.2) is 4.98 Å². The summed E-state index contributed by atoms with van der Waals surface area (Å²) in [5.74, 6) is 0. The molecule has 2 heteroatoms. The first-order valence-corrected chi connectivity index (χ1v) is 3.33. The predicted octanol–water partition coefficient (Wildman–Crippen LogP) is 1.59. The lowest BCUT2D eigenvalue weighted by molar-refractivity contribution is 0.743. The molecule has 54 valence electrons. The lowest BCUT2D eigenvalue weighted by Crippen LogP contribution is -2.07. The maximum atomic E-state index is 5.76. The number of aromatic nitrogens is 1. The van der Waals surface area contributed by atoms with Crippen LogP contribution >= 0.6 is 0 Å². The molecule has 0 aromatic carbocycles. The van der Waals surface area contributed by atoms with Gasteiger partial charge in [-0.15, -0.1) is 6.58 Å². The molecule has 2 nitrogen and oxygen atoms in total. The second-order valence-electron chi connectivity index (χ2n) is 2.28. The average Bonchev–Trinajstić information content (AvgIpc) is 2.38. The highest BCUT2D eigenvalue weighted by Gasteiger charge is 2.01. The molecule has 0 amide bonds. The molecule has 1 rings (SSSR count). The van der Waals surface area contributed by atoms with Crippen molar-refractivity contribution in [2.24, 2.45) is 5.73 Å². The molecule has 1 heterocycles. The normalized spacial score (nSPS) is 12.9. The monoisotopic (exact) mass is 136 g/mol. The summed E-state index contributed by atoms with van der Waals surface area (Å²) in [6, 6.07) is 2.08. The van der Waals surface area contributed by atoms with Crippen LogP contribution in [0.4, 0.5) is 0 Å². The van der Waals surface area contributed by atoms with Crippen molar-refractivity contribution in [2.45, 2.75) is 12.5 Å². The molecule has 1 aromatic rings. The van der Waals surface area contributed by atoms with Gasteiger partial charge in [0.15, 0.2) is 0 Å². The molecule has 0 unspecified atom stereocenters. The highest BCUT2D eigenvalue weighted by Crippen LogP contribution is 2.11. The number of hydrogen-bond acceptors (Lipinski definition) is 1. The minimum Gasteiger partial charge on any atom is -0.367 e.